The van der Waals surface area contributed by atoms with Crippen molar-refractivity contribution in [2.24, 2.45) is 5.73 Å². The standard InChI is InChI=1S/C15H18BrN3/c1-10(17)8-11-2-5-15(13(16)9-11)19-7-6-14(18-19)12-3-4-12/h2,5-7,9-10,12H,3-4,8,17H2,1H3. The Morgan fingerprint density at radius 1 is 1.42 bits per heavy atom. The summed E-state index contributed by atoms with van der Waals surface area (Å²) in [6, 6.07) is 8.67. The third kappa shape index (κ3) is 2.90. The maximum Gasteiger partial charge on any atom is 0.0787 e. The summed E-state index contributed by atoms with van der Waals surface area (Å²) in [4.78, 5) is 0. The highest BCUT2D eigenvalue weighted by Gasteiger charge is 2.26. The van der Waals surface area contributed by atoms with Crippen LogP contribution in [0.1, 0.15) is 36.9 Å². The quantitative estimate of drug-likeness (QED) is 0.938. The molecule has 0 saturated heterocycles. The van der Waals surface area contributed by atoms with Gasteiger partial charge in [0, 0.05) is 22.6 Å². The highest BCUT2D eigenvalue weighted by atomic mass is 79.9. The second kappa shape index (κ2) is 5.10. The molecule has 3 nitrogen and oxygen atoms in total. The van der Waals surface area contributed by atoms with Crippen LogP contribution >= 0.6 is 15.9 Å². The molecule has 0 aliphatic heterocycles. The lowest BCUT2D eigenvalue weighted by atomic mass is 10.1. The van der Waals surface area contributed by atoms with Crippen molar-refractivity contribution in [2.45, 2.75) is 38.1 Å². The number of benzene rings is 1. The third-order valence-electron chi connectivity index (χ3n) is 3.42. The van der Waals surface area contributed by atoms with Crippen LogP contribution in [0.3, 0.4) is 0 Å². The van der Waals surface area contributed by atoms with Crippen molar-refractivity contribution in [3.63, 3.8) is 0 Å². The lowest BCUT2D eigenvalue weighted by Crippen LogP contribution is -2.17. The molecular formula is C15H18BrN3. The van der Waals surface area contributed by atoms with Gasteiger partial charge in [0.15, 0.2) is 0 Å². The van der Waals surface area contributed by atoms with Gasteiger partial charge in [-0.15, -0.1) is 0 Å². The van der Waals surface area contributed by atoms with Gasteiger partial charge in [-0.25, -0.2) is 4.68 Å². The van der Waals surface area contributed by atoms with E-state index in [2.05, 4.69) is 45.3 Å². The fourth-order valence-electron chi connectivity index (χ4n) is 2.30. The van der Waals surface area contributed by atoms with E-state index in [-0.39, 0.29) is 6.04 Å². The molecule has 1 saturated carbocycles. The molecule has 2 aromatic rings. The molecule has 1 aromatic carbocycles. The summed E-state index contributed by atoms with van der Waals surface area (Å²) in [5, 5.41) is 4.66. The molecule has 0 spiro atoms. The van der Waals surface area contributed by atoms with Gasteiger partial charge in [0.25, 0.3) is 0 Å². The topological polar surface area (TPSA) is 43.8 Å². The molecule has 3 rings (SSSR count). The Balaban J connectivity index is 1.86. The molecule has 1 aliphatic rings. The SMILES string of the molecule is CC(N)Cc1ccc(-n2ccc(C3CC3)n2)c(Br)c1. The van der Waals surface area contributed by atoms with E-state index in [0.717, 1.165) is 16.6 Å². The van der Waals surface area contributed by atoms with E-state index in [4.69, 9.17) is 5.73 Å². The van der Waals surface area contributed by atoms with Crippen molar-refractivity contribution in [3.8, 4) is 5.69 Å². The smallest absolute Gasteiger partial charge is 0.0787 e. The minimum Gasteiger partial charge on any atom is -0.328 e. The van der Waals surface area contributed by atoms with Crippen molar-refractivity contribution >= 4 is 15.9 Å². The minimum atomic E-state index is 0.184. The van der Waals surface area contributed by atoms with Crippen LogP contribution in [-0.2, 0) is 6.42 Å². The fourth-order valence-corrected chi connectivity index (χ4v) is 2.91. The van der Waals surface area contributed by atoms with Crippen LogP contribution in [0.2, 0.25) is 0 Å². The van der Waals surface area contributed by atoms with Crippen LogP contribution in [-0.4, -0.2) is 15.8 Å². The molecule has 0 bridgehead atoms. The summed E-state index contributed by atoms with van der Waals surface area (Å²) in [7, 11) is 0. The minimum absolute atomic E-state index is 0.184. The third-order valence-corrected chi connectivity index (χ3v) is 4.06. The zero-order valence-electron chi connectivity index (χ0n) is 11.0. The maximum absolute atomic E-state index is 5.83. The molecule has 2 N–H and O–H groups in total. The largest absolute Gasteiger partial charge is 0.328 e. The summed E-state index contributed by atoms with van der Waals surface area (Å²) >= 11 is 3.63. The Hall–Kier alpha value is -1.13. The van der Waals surface area contributed by atoms with Gasteiger partial charge in [-0.3, -0.25) is 0 Å². The van der Waals surface area contributed by atoms with Gasteiger partial charge in [-0.1, -0.05) is 6.07 Å². The zero-order valence-corrected chi connectivity index (χ0v) is 12.6. The molecule has 4 heteroatoms. The maximum atomic E-state index is 5.83. The molecule has 0 radical (unpaired) electrons. The van der Waals surface area contributed by atoms with Crippen molar-refractivity contribution in [3.05, 3.63) is 46.2 Å². The van der Waals surface area contributed by atoms with E-state index >= 15 is 0 Å². The van der Waals surface area contributed by atoms with E-state index in [9.17, 15) is 0 Å². The lowest BCUT2D eigenvalue weighted by molar-refractivity contribution is 0.737. The summed E-state index contributed by atoms with van der Waals surface area (Å²) < 4.78 is 3.02. The molecular weight excluding hydrogens is 302 g/mol. The Labute approximate surface area is 121 Å². The van der Waals surface area contributed by atoms with Crippen molar-refractivity contribution in [2.75, 3.05) is 0 Å². The zero-order chi connectivity index (χ0) is 13.4. The average Bonchev–Trinajstić information content (AvgIpc) is 3.08. The fraction of sp³-hybridized carbons (Fsp3) is 0.400. The number of nitrogens with two attached hydrogens (primary N) is 1. The van der Waals surface area contributed by atoms with E-state index in [1.54, 1.807) is 0 Å². The Kier molecular flexibility index (Phi) is 3.46. The number of hydrogen-bond acceptors (Lipinski definition) is 2. The van der Waals surface area contributed by atoms with Crippen molar-refractivity contribution < 1.29 is 0 Å². The first kappa shape index (κ1) is 12.9. The Morgan fingerprint density at radius 3 is 2.84 bits per heavy atom. The molecule has 1 aromatic heterocycles. The number of rotatable bonds is 4. The lowest BCUT2D eigenvalue weighted by Gasteiger charge is -2.09. The van der Waals surface area contributed by atoms with Crippen molar-refractivity contribution in [1.82, 2.24) is 9.78 Å². The molecule has 1 heterocycles. The van der Waals surface area contributed by atoms with Gasteiger partial charge in [0.05, 0.1) is 11.4 Å². The van der Waals surface area contributed by atoms with Crippen LogP contribution in [0.4, 0.5) is 0 Å². The van der Waals surface area contributed by atoms with Crippen LogP contribution < -0.4 is 5.73 Å². The molecule has 100 valence electrons. The van der Waals surface area contributed by atoms with E-state index in [1.807, 2.05) is 17.8 Å². The predicted molar refractivity (Wildman–Crippen MR) is 80.6 cm³/mol. The Morgan fingerprint density at radius 2 is 2.21 bits per heavy atom. The first-order chi connectivity index (χ1) is 9.13. The van der Waals surface area contributed by atoms with Gasteiger partial charge in [-0.05, 0) is 65.9 Å². The summed E-state index contributed by atoms with van der Waals surface area (Å²) in [5.41, 5.74) is 9.38. The van der Waals surface area contributed by atoms with Crippen LogP contribution in [0.5, 0.6) is 0 Å². The number of hydrogen-bond donors (Lipinski definition) is 1. The molecule has 1 fully saturated rings. The Bertz CT molecular complexity index is 585. The number of nitrogens with zero attached hydrogens (tertiary/aromatic N) is 2. The summed E-state index contributed by atoms with van der Waals surface area (Å²) in [6.45, 7) is 2.03. The van der Waals surface area contributed by atoms with Gasteiger partial charge in [-0.2, -0.15) is 5.10 Å². The van der Waals surface area contributed by atoms with E-state index < -0.39 is 0 Å². The van der Waals surface area contributed by atoms with Gasteiger partial charge in [0.1, 0.15) is 0 Å². The number of halogens is 1. The van der Waals surface area contributed by atoms with Gasteiger partial charge in [0.2, 0.25) is 0 Å². The molecule has 19 heavy (non-hydrogen) atoms. The highest BCUT2D eigenvalue weighted by molar-refractivity contribution is 9.10. The first-order valence-corrected chi connectivity index (χ1v) is 7.53. The summed E-state index contributed by atoms with van der Waals surface area (Å²) in [6.07, 6.45) is 5.50. The monoisotopic (exact) mass is 319 g/mol. The second-order valence-corrected chi connectivity index (χ2v) is 6.28. The van der Waals surface area contributed by atoms with Crippen LogP contribution in [0.25, 0.3) is 5.69 Å². The molecule has 1 atom stereocenters. The molecule has 1 unspecified atom stereocenters. The van der Waals surface area contributed by atoms with Gasteiger partial charge >= 0.3 is 0 Å². The summed E-state index contributed by atoms with van der Waals surface area (Å²) in [5.74, 6) is 0.692. The molecule has 0 amide bonds. The van der Waals surface area contributed by atoms with Crippen molar-refractivity contribution in [1.29, 1.82) is 0 Å². The van der Waals surface area contributed by atoms with E-state index in [0.29, 0.717) is 5.92 Å². The predicted octanol–water partition coefficient (Wildman–Crippen LogP) is 3.40. The van der Waals surface area contributed by atoms with Gasteiger partial charge < -0.3 is 5.73 Å². The second-order valence-electron chi connectivity index (χ2n) is 5.43. The molecule has 1 aliphatic carbocycles. The van der Waals surface area contributed by atoms with Crippen LogP contribution in [0.15, 0.2) is 34.9 Å². The normalized spacial score (nSPS) is 16.6. The average molecular weight is 320 g/mol. The highest BCUT2D eigenvalue weighted by Crippen LogP contribution is 2.39. The first-order valence-electron chi connectivity index (χ1n) is 6.73. The van der Waals surface area contributed by atoms with Crippen LogP contribution in [0, 0.1) is 0 Å². The van der Waals surface area contributed by atoms with E-state index in [1.165, 1.54) is 24.1 Å². The number of aromatic nitrogens is 2.